The molecule has 0 aliphatic heterocycles. The summed E-state index contributed by atoms with van der Waals surface area (Å²) in [6.45, 7) is 15.7. The van der Waals surface area contributed by atoms with Crippen LogP contribution < -0.4 is 0 Å². The molecule has 6 nitrogen and oxygen atoms in total. The molecule has 56 heavy (non-hydrogen) atoms. The average Bonchev–Trinajstić information content (AvgIpc) is 3.72. The quantitative estimate of drug-likeness (QED) is 0.166. The number of aromatic nitrogens is 5. The van der Waals surface area contributed by atoms with E-state index in [1.165, 1.54) is 32.7 Å². The number of hydrogen-bond donors (Lipinski definition) is 0. The van der Waals surface area contributed by atoms with Gasteiger partial charge < -0.3 is 9.13 Å². The smallest absolute Gasteiger partial charge is 0.187 e. The molecule has 0 spiro atoms. The van der Waals surface area contributed by atoms with E-state index in [4.69, 9.17) is 16.5 Å². The normalized spacial score (nSPS) is 11.6. The standard InChI is InChI=1S/C50H36N6/c1-30-14-22-46-40(26-30)38-10-6-8-12-44(38)55(46)48-24-18-35(34-16-20-37(51-5)21-17-34)28-42(48)43-29-36(50-53-32(3)52-33(4)54-50)19-25-49(43)56-45-13-9-7-11-39(45)41-27-31(2)15-23-47(41)56/h6-29H,1-4H3. The van der Waals surface area contributed by atoms with Crippen molar-refractivity contribution in [2.75, 3.05) is 0 Å². The number of nitrogens with zero attached hydrogens (tertiary/aromatic N) is 6. The first-order valence-corrected chi connectivity index (χ1v) is 18.8. The molecule has 0 unspecified atom stereocenters. The molecule has 0 bridgehead atoms. The molecular formula is C50H36N6. The molecule has 10 rings (SSSR count). The van der Waals surface area contributed by atoms with Crippen LogP contribution in [0.25, 0.3) is 93.5 Å². The number of rotatable bonds is 5. The van der Waals surface area contributed by atoms with Crippen molar-refractivity contribution in [3.8, 4) is 45.0 Å². The molecule has 3 aromatic heterocycles. The molecule has 0 radical (unpaired) electrons. The Kier molecular flexibility index (Phi) is 7.65. The van der Waals surface area contributed by atoms with Crippen LogP contribution in [0.3, 0.4) is 0 Å². The predicted octanol–water partition coefficient (Wildman–Crippen LogP) is 12.9. The maximum atomic E-state index is 7.56. The monoisotopic (exact) mass is 720 g/mol. The summed E-state index contributed by atoms with van der Waals surface area (Å²) in [5.74, 6) is 2.00. The topological polar surface area (TPSA) is 52.9 Å². The molecule has 7 aromatic carbocycles. The fourth-order valence-corrected chi connectivity index (χ4v) is 8.38. The van der Waals surface area contributed by atoms with Gasteiger partial charge in [-0.05, 0) is 106 Å². The van der Waals surface area contributed by atoms with Gasteiger partial charge in [-0.2, -0.15) is 0 Å². The number of fused-ring (bicyclic) bond motifs is 6. The maximum Gasteiger partial charge on any atom is 0.187 e. The van der Waals surface area contributed by atoms with Crippen LogP contribution in [0.5, 0.6) is 0 Å². The summed E-state index contributed by atoms with van der Waals surface area (Å²) in [5.41, 5.74) is 14.8. The zero-order valence-electron chi connectivity index (χ0n) is 31.5. The van der Waals surface area contributed by atoms with Gasteiger partial charge >= 0.3 is 0 Å². The van der Waals surface area contributed by atoms with Crippen LogP contribution in [0.4, 0.5) is 5.69 Å². The average molecular weight is 721 g/mol. The fraction of sp³-hybridized carbons (Fsp3) is 0.0800. The van der Waals surface area contributed by atoms with E-state index in [-0.39, 0.29) is 0 Å². The number of hydrogen-bond acceptors (Lipinski definition) is 3. The SMILES string of the molecule is [C-]#[N+]c1ccc(-c2ccc(-n3c4ccccc4c4cc(C)ccc43)c(-c3cc(-c4nc(C)nc(C)n4)ccc3-n3c4ccccc4c4cc(C)ccc43)c2)cc1. The van der Waals surface area contributed by atoms with E-state index in [0.717, 1.165) is 61.3 Å². The maximum absolute atomic E-state index is 7.56. The molecule has 0 saturated heterocycles. The van der Waals surface area contributed by atoms with Gasteiger partial charge in [-0.3, -0.25) is 0 Å². The molecule has 0 saturated carbocycles. The van der Waals surface area contributed by atoms with Crippen LogP contribution in [-0.4, -0.2) is 24.1 Å². The third-order valence-corrected chi connectivity index (χ3v) is 10.9. The third kappa shape index (κ3) is 5.36. The lowest BCUT2D eigenvalue weighted by molar-refractivity contribution is 0.928. The molecule has 3 heterocycles. The molecule has 0 atom stereocenters. The van der Waals surface area contributed by atoms with Gasteiger partial charge in [0.05, 0.1) is 40.0 Å². The lowest BCUT2D eigenvalue weighted by Gasteiger charge is -2.21. The van der Waals surface area contributed by atoms with Gasteiger partial charge in [-0.15, -0.1) is 0 Å². The van der Waals surface area contributed by atoms with Crippen molar-refractivity contribution in [2.24, 2.45) is 0 Å². The largest absolute Gasteiger partial charge is 0.309 e. The highest BCUT2D eigenvalue weighted by Gasteiger charge is 2.22. The Hall–Kier alpha value is -7.36. The van der Waals surface area contributed by atoms with Crippen molar-refractivity contribution in [3.05, 3.63) is 180 Å². The number of para-hydroxylation sites is 2. The lowest BCUT2D eigenvalue weighted by atomic mass is 9.94. The Morgan fingerprint density at radius 2 is 0.893 bits per heavy atom. The number of benzene rings is 7. The van der Waals surface area contributed by atoms with Gasteiger partial charge in [0.1, 0.15) is 11.6 Å². The first kappa shape index (κ1) is 33.2. The van der Waals surface area contributed by atoms with E-state index in [1.54, 1.807) is 0 Å². The van der Waals surface area contributed by atoms with Crippen LogP contribution in [0, 0.1) is 34.3 Å². The highest BCUT2D eigenvalue weighted by molar-refractivity contribution is 6.12. The van der Waals surface area contributed by atoms with E-state index in [1.807, 2.05) is 38.1 Å². The Balaban J connectivity index is 1.36. The highest BCUT2D eigenvalue weighted by Crippen LogP contribution is 2.43. The van der Waals surface area contributed by atoms with Gasteiger partial charge in [0, 0.05) is 38.2 Å². The second kappa shape index (κ2) is 12.9. The molecule has 0 fully saturated rings. The fourth-order valence-electron chi connectivity index (χ4n) is 8.38. The molecule has 0 N–H and O–H groups in total. The second-order valence-corrected chi connectivity index (χ2v) is 14.6. The summed E-state index contributed by atoms with van der Waals surface area (Å²) in [4.78, 5) is 17.8. The minimum Gasteiger partial charge on any atom is -0.309 e. The first-order chi connectivity index (χ1) is 27.3. The molecule has 0 aliphatic rings. The summed E-state index contributed by atoms with van der Waals surface area (Å²) in [6.07, 6.45) is 0. The zero-order chi connectivity index (χ0) is 38.1. The van der Waals surface area contributed by atoms with E-state index in [2.05, 4.69) is 154 Å². The van der Waals surface area contributed by atoms with E-state index < -0.39 is 0 Å². The first-order valence-electron chi connectivity index (χ1n) is 18.8. The summed E-state index contributed by atoms with van der Waals surface area (Å²) < 4.78 is 4.82. The van der Waals surface area contributed by atoms with Crippen LogP contribution in [0.2, 0.25) is 0 Å². The third-order valence-electron chi connectivity index (χ3n) is 10.9. The summed E-state index contributed by atoms with van der Waals surface area (Å²) in [5, 5.41) is 4.84. The predicted molar refractivity (Wildman–Crippen MR) is 230 cm³/mol. The Morgan fingerprint density at radius 3 is 1.43 bits per heavy atom. The van der Waals surface area contributed by atoms with Crippen molar-refractivity contribution in [2.45, 2.75) is 27.7 Å². The van der Waals surface area contributed by atoms with Crippen molar-refractivity contribution < 1.29 is 0 Å². The van der Waals surface area contributed by atoms with E-state index >= 15 is 0 Å². The zero-order valence-corrected chi connectivity index (χ0v) is 31.5. The summed E-state index contributed by atoms with van der Waals surface area (Å²) in [6, 6.07) is 52.0. The van der Waals surface area contributed by atoms with Crippen molar-refractivity contribution in [3.63, 3.8) is 0 Å². The Labute approximate surface area is 324 Å². The Bertz CT molecular complexity index is 3230. The molecule has 10 aromatic rings. The van der Waals surface area contributed by atoms with Gasteiger partial charge in [0.25, 0.3) is 0 Å². The lowest BCUT2D eigenvalue weighted by Crippen LogP contribution is -2.03. The van der Waals surface area contributed by atoms with Crippen LogP contribution in [0.15, 0.2) is 146 Å². The van der Waals surface area contributed by atoms with Crippen molar-refractivity contribution in [1.29, 1.82) is 0 Å². The summed E-state index contributed by atoms with van der Waals surface area (Å²) in [7, 11) is 0. The van der Waals surface area contributed by atoms with E-state index in [9.17, 15) is 0 Å². The van der Waals surface area contributed by atoms with Crippen LogP contribution in [-0.2, 0) is 0 Å². The van der Waals surface area contributed by atoms with Gasteiger partial charge in [-0.1, -0.05) is 90.0 Å². The molecule has 0 amide bonds. The van der Waals surface area contributed by atoms with Crippen molar-refractivity contribution >= 4 is 49.3 Å². The Morgan fingerprint density at radius 1 is 0.429 bits per heavy atom. The van der Waals surface area contributed by atoms with E-state index in [0.29, 0.717) is 23.2 Å². The molecule has 0 aliphatic carbocycles. The van der Waals surface area contributed by atoms with Crippen LogP contribution in [0.1, 0.15) is 22.8 Å². The molecule has 266 valence electrons. The highest BCUT2D eigenvalue weighted by atomic mass is 15.0. The van der Waals surface area contributed by atoms with Gasteiger partial charge in [-0.25, -0.2) is 19.8 Å². The van der Waals surface area contributed by atoms with Crippen LogP contribution >= 0.6 is 0 Å². The summed E-state index contributed by atoms with van der Waals surface area (Å²) >= 11 is 0. The van der Waals surface area contributed by atoms with Gasteiger partial charge in [0.2, 0.25) is 0 Å². The minimum atomic E-state index is 0.616. The number of aryl methyl sites for hydroxylation is 4. The second-order valence-electron chi connectivity index (χ2n) is 14.6. The molecule has 6 heteroatoms. The van der Waals surface area contributed by atoms with Crippen molar-refractivity contribution in [1.82, 2.24) is 24.1 Å². The molecular weight excluding hydrogens is 685 g/mol. The van der Waals surface area contributed by atoms with Gasteiger partial charge in [0.15, 0.2) is 11.5 Å². The minimum absolute atomic E-state index is 0.616.